The van der Waals surface area contributed by atoms with Crippen molar-refractivity contribution in [2.45, 2.75) is 38.3 Å². The highest BCUT2D eigenvalue weighted by Gasteiger charge is 2.16. The molecule has 1 atom stereocenters. The minimum Gasteiger partial charge on any atom is -0.393 e. The number of benzene rings is 2. The highest BCUT2D eigenvalue weighted by molar-refractivity contribution is 5.83. The number of aliphatic hydroxyl groups excluding tert-OH is 1. The lowest BCUT2D eigenvalue weighted by atomic mass is 10.0. The van der Waals surface area contributed by atoms with Crippen LogP contribution in [-0.4, -0.2) is 42.3 Å². The summed E-state index contributed by atoms with van der Waals surface area (Å²) in [6.07, 6.45) is 2.95. The van der Waals surface area contributed by atoms with Gasteiger partial charge in [-0.05, 0) is 61.7 Å². The number of fused-ring (bicyclic) bond motifs is 1. The minimum absolute atomic E-state index is 0.0719. The van der Waals surface area contributed by atoms with E-state index in [0.29, 0.717) is 6.04 Å². The Morgan fingerprint density at radius 2 is 1.87 bits per heavy atom. The van der Waals surface area contributed by atoms with Gasteiger partial charge in [0.25, 0.3) is 0 Å². The predicted octanol–water partition coefficient (Wildman–Crippen LogP) is 3.34. The van der Waals surface area contributed by atoms with Gasteiger partial charge in [-0.25, -0.2) is 0 Å². The fourth-order valence-corrected chi connectivity index (χ4v) is 3.36. The van der Waals surface area contributed by atoms with Gasteiger partial charge in [0.2, 0.25) is 0 Å². The average Bonchev–Trinajstić information content (AvgIpc) is 2.59. The lowest BCUT2D eigenvalue weighted by molar-refractivity contribution is 0.0820. The zero-order valence-electron chi connectivity index (χ0n) is 14.0. The molecule has 124 valence electrons. The van der Waals surface area contributed by atoms with Crippen LogP contribution in [0.5, 0.6) is 0 Å². The van der Waals surface area contributed by atoms with Gasteiger partial charge >= 0.3 is 0 Å². The highest BCUT2D eigenvalue weighted by atomic mass is 16.3. The molecular weight excluding hydrogens is 284 g/mol. The molecule has 1 heterocycles. The summed E-state index contributed by atoms with van der Waals surface area (Å²) in [5.41, 5.74) is 1.35. The molecule has 23 heavy (non-hydrogen) atoms. The van der Waals surface area contributed by atoms with Crippen LogP contribution in [0.4, 0.5) is 0 Å². The number of rotatable bonds is 6. The number of nitrogens with one attached hydrogen (secondary N) is 1. The lowest BCUT2D eigenvalue weighted by Gasteiger charge is -2.29. The third-order valence-corrected chi connectivity index (χ3v) is 4.93. The molecule has 1 aliphatic rings. The van der Waals surface area contributed by atoms with Crippen LogP contribution in [0, 0.1) is 0 Å². The summed E-state index contributed by atoms with van der Waals surface area (Å²) in [6, 6.07) is 15.6. The number of aliphatic hydroxyl groups is 1. The first-order valence-corrected chi connectivity index (χ1v) is 8.85. The van der Waals surface area contributed by atoms with Gasteiger partial charge in [0.15, 0.2) is 0 Å². The zero-order chi connectivity index (χ0) is 16.1. The Bertz CT molecular complexity index is 620. The van der Waals surface area contributed by atoms with E-state index in [4.69, 9.17) is 0 Å². The first-order chi connectivity index (χ1) is 11.2. The van der Waals surface area contributed by atoms with Crippen molar-refractivity contribution < 1.29 is 5.11 Å². The first kappa shape index (κ1) is 16.4. The summed E-state index contributed by atoms with van der Waals surface area (Å²) >= 11 is 0. The third kappa shape index (κ3) is 4.54. The van der Waals surface area contributed by atoms with E-state index < -0.39 is 0 Å². The molecule has 0 bridgehead atoms. The van der Waals surface area contributed by atoms with Crippen LogP contribution >= 0.6 is 0 Å². The fraction of sp³-hybridized carbons (Fsp3) is 0.500. The third-order valence-electron chi connectivity index (χ3n) is 4.93. The van der Waals surface area contributed by atoms with Gasteiger partial charge in [-0.2, -0.15) is 0 Å². The maximum absolute atomic E-state index is 9.53. The van der Waals surface area contributed by atoms with E-state index in [2.05, 4.69) is 59.6 Å². The molecule has 3 heteroatoms. The molecule has 0 radical (unpaired) electrons. The number of piperidine rings is 1. The molecule has 1 saturated heterocycles. The maximum Gasteiger partial charge on any atom is 0.0564 e. The number of hydrogen-bond donors (Lipinski definition) is 2. The standard InChI is InChI=1S/C20H28N2O/c1-16(18-8-7-17-5-2-3-6-19(17)15-18)21-11-4-12-22-13-9-20(23)10-14-22/h2-3,5-8,15-16,20-21,23H,4,9-14H2,1H3. The molecule has 2 N–H and O–H groups in total. The molecule has 2 aromatic carbocycles. The summed E-state index contributed by atoms with van der Waals surface area (Å²) in [4.78, 5) is 2.47. The van der Waals surface area contributed by atoms with Crippen molar-refractivity contribution in [3.63, 3.8) is 0 Å². The second kappa shape index (κ2) is 7.91. The number of likely N-dealkylation sites (tertiary alicyclic amines) is 1. The van der Waals surface area contributed by atoms with Gasteiger partial charge in [0, 0.05) is 19.1 Å². The number of hydrogen-bond acceptors (Lipinski definition) is 3. The van der Waals surface area contributed by atoms with Gasteiger partial charge < -0.3 is 15.3 Å². The van der Waals surface area contributed by atoms with Crippen LogP contribution in [0.3, 0.4) is 0 Å². The van der Waals surface area contributed by atoms with Crippen molar-refractivity contribution in [1.29, 1.82) is 0 Å². The summed E-state index contributed by atoms with van der Waals surface area (Å²) in [6.45, 7) is 6.49. The molecule has 0 amide bonds. The maximum atomic E-state index is 9.53. The summed E-state index contributed by atoms with van der Waals surface area (Å²) in [7, 11) is 0. The molecule has 3 rings (SSSR count). The molecule has 1 aliphatic heterocycles. The Kier molecular flexibility index (Phi) is 5.65. The van der Waals surface area contributed by atoms with Gasteiger partial charge in [-0.15, -0.1) is 0 Å². The Labute approximate surface area is 139 Å². The Morgan fingerprint density at radius 3 is 2.65 bits per heavy atom. The molecule has 2 aromatic rings. The summed E-state index contributed by atoms with van der Waals surface area (Å²) in [5.74, 6) is 0. The van der Waals surface area contributed by atoms with Crippen LogP contribution in [0.15, 0.2) is 42.5 Å². The van der Waals surface area contributed by atoms with Gasteiger partial charge in [-0.3, -0.25) is 0 Å². The minimum atomic E-state index is -0.0719. The molecule has 0 saturated carbocycles. The van der Waals surface area contributed by atoms with Crippen LogP contribution in [0.2, 0.25) is 0 Å². The van der Waals surface area contributed by atoms with E-state index in [0.717, 1.165) is 45.4 Å². The Morgan fingerprint density at radius 1 is 1.13 bits per heavy atom. The van der Waals surface area contributed by atoms with E-state index in [-0.39, 0.29) is 6.10 Å². The topological polar surface area (TPSA) is 35.5 Å². The molecule has 1 unspecified atom stereocenters. The SMILES string of the molecule is CC(NCCCN1CCC(O)CC1)c1ccc2ccccc2c1. The van der Waals surface area contributed by atoms with Gasteiger partial charge in [-0.1, -0.05) is 36.4 Å². The Hall–Kier alpha value is -1.42. The quantitative estimate of drug-likeness (QED) is 0.803. The average molecular weight is 312 g/mol. The second-order valence-electron chi connectivity index (χ2n) is 6.71. The van der Waals surface area contributed by atoms with Crippen molar-refractivity contribution in [1.82, 2.24) is 10.2 Å². The van der Waals surface area contributed by atoms with E-state index >= 15 is 0 Å². The number of nitrogens with zero attached hydrogens (tertiary/aromatic N) is 1. The van der Waals surface area contributed by atoms with Crippen LogP contribution < -0.4 is 5.32 Å². The highest BCUT2D eigenvalue weighted by Crippen LogP contribution is 2.20. The second-order valence-corrected chi connectivity index (χ2v) is 6.71. The van der Waals surface area contributed by atoms with E-state index in [9.17, 15) is 5.11 Å². The molecule has 0 aliphatic carbocycles. The Balaban J connectivity index is 1.44. The molecule has 0 aromatic heterocycles. The molecule has 0 spiro atoms. The van der Waals surface area contributed by atoms with Crippen molar-refractivity contribution in [2.75, 3.05) is 26.2 Å². The van der Waals surface area contributed by atoms with Gasteiger partial charge in [0.1, 0.15) is 0 Å². The summed E-state index contributed by atoms with van der Waals surface area (Å²) in [5, 5.41) is 15.8. The van der Waals surface area contributed by atoms with Crippen LogP contribution in [0.25, 0.3) is 10.8 Å². The van der Waals surface area contributed by atoms with Crippen LogP contribution in [-0.2, 0) is 0 Å². The zero-order valence-corrected chi connectivity index (χ0v) is 14.0. The lowest BCUT2D eigenvalue weighted by Crippen LogP contribution is -2.37. The molecular formula is C20H28N2O. The van der Waals surface area contributed by atoms with Gasteiger partial charge in [0.05, 0.1) is 6.10 Å². The van der Waals surface area contributed by atoms with Crippen molar-refractivity contribution in [3.05, 3.63) is 48.0 Å². The summed E-state index contributed by atoms with van der Waals surface area (Å²) < 4.78 is 0. The normalized spacial score (nSPS) is 18.3. The van der Waals surface area contributed by atoms with E-state index in [1.165, 1.54) is 16.3 Å². The molecule has 3 nitrogen and oxygen atoms in total. The van der Waals surface area contributed by atoms with E-state index in [1.807, 2.05) is 0 Å². The van der Waals surface area contributed by atoms with Crippen molar-refractivity contribution in [2.24, 2.45) is 0 Å². The van der Waals surface area contributed by atoms with Crippen molar-refractivity contribution in [3.8, 4) is 0 Å². The van der Waals surface area contributed by atoms with Crippen LogP contribution in [0.1, 0.15) is 37.8 Å². The predicted molar refractivity (Wildman–Crippen MR) is 96.7 cm³/mol. The van der Waals surface area contributed by atoms with Crippen molar-refractivity contribution >= 4 is 10.8 Å². The molecule has 1 fully saturated rings. The van der Waals surface area contributed by atoms with E-state index in [1.54, 1.807) is 0 Å². The monoisotopic (exact) mass is 312 g/mol. The first-order valence-electron chi connectivity index (χ1n) is 8.85. The smallest absolute Gasteiger partial charge is 0.0564 e. The fourth-order valence-electron chi connectivity index (χ4n) is 3.36. The largest absolute Gasteiger partial charge is 0.393 e.